The van der Waals surface area contributed by atoms with Gasteiger partial charge in [-0.15, -0.1) is 68.0 Å². The molecule has 0 aliphatic heterocycles. The van der Waals surface area contributed by atoms with Gasteiger partial charge in [-0.2, -0.15) is 0 Å². The molecule has 46 heavy (non-hydrogen) atoms. The van der Waals surface area contributed by atoms with Gasteiger partial charge in [0.15, 0.2) is 0 Å². The summed E-state index contributed by atoms with van der Waals surface area (Å²) >= 11 is 11.5. The second-order valence-corrected chi connectivity index (χ2v) is 17.9. The Morgan fingerprint density at radius 3 is 1.17 bits per heavy atom. The first kappa shape index (κ1) is 28.8. The third-order valence-corrected chi connectivity index (χ3v) is 16.2. The van der Waals surface area contributed by atoms with Crippen molar-refractivity contribution < 1.29 is 0 Å². The summed E-state index contributed by atoms with van der Waals surface area (Å²) in [6.07, 6.45) is 2.24. The molecule has 0 aliphatic rings. The molecule has 0 N–H and O–H groups in total. The number of aryl methyl sites for hydroxylation is 2. The second-order valence-electron chi connectivity index (χ2n) is 11.4. The molecule has 4 aromatic carbocycles. The monoisotopic (exact) mass is 700 g/mol. The lowest BCUT2D eigenvalue weighted by molar-refractivity contribution is 1.19. The predicted molar refractivity (Wildman–Crippen MR) is 215 cm³/mol. The van der Waals surface area contributed by atoms with Crippen molar-refractivity contribution in [1.82, 2.24) is 0 Å². The first-order valence-electron chi connectivity index (χ1n) is 15.5. The van der Waals surface area contributed by atoms with Gasteiger partial charge in [0.25, 0.3) is 0 Å². The van der Waals surface area contributed by atoms with E-state index in [4.69, 9.17) is 0 Å². The van der Waals surface area contributed by atoms with Gasteiger partial charge in [0, 0.05) is 59.9 Å². The van der Waals surface area contributed by atoms with E-state index in [0.717, 1.165) is 12.8 Å². The number of hydrogen-bond donors (Lipinski definition) is 0. The molecule has 224 valence electrons. The van der Waals surface area contributed by atoms with E-state index in [9.17, 15) is 0 Å². The van der Waals surface area contributed by atoms with Gasteiger partial charge in [0.05, 0.1) is 18.8 Å². The van der Waals surface area contributed by atoms with Crippen LogP contribution in [-0.4, -0.2) is 0 Å². The maximum absolute atomic E-state index is 2.37. The maximum Gasteiger partial charge on any atom is 0.0542 e. The van der Waals surface area contributed by atoms with Crippen molar-refractivity contribution in [3.63, 3.8) is 0 Å². The molecule has 0 aliphatic carbocycles. The van der Waals surface area contributed by atoms with Gasteiger partial charge in [-0.1, -0.05) is 74.5 Å². The van der Waals surface area contributed by atoms with Crippen LogP contribution in [0.15, 0.2) is 109 Å². The second kappa shape index (κ2) is 11.7. The zero-order chi connectivity index (χ0) is 30.8. The molecule has 0 saturated carbocycles. The van der Waals surface area contributed by atoms with Crippen LogP contribution in [0, 0.1) is 0 Å². The highest BCUT2D eigenvalue weighted by molar-refractivity contribution is 7.37. The van der Waals surface area contributed by atoms with Crippen LogP contribution in [0.2, 0.25) is 0 Å². The summed E-state index contributed by atoms with van der Waals surface area (Å²) in [6.45, 7) is 4.44. The topological polar surface area (TPSA) is 0 Å². The molecular weight excluding hydrogens is 673 g/mol. The Morgan fingerprint density at radius 1 is 0.370 bits per heavy atom. The first-order valence-corrected chi connectivity index (χ1v) is 20.4. The first-order chi connectivity index (χ1) is 22.7. The molecule has 0 radical (unpaired) electrons. The number of benzene rings is 4. The van der Waals surface area contributed by atoms with Crippen molar-refractivity contribution in [2.45, 2.75) is 26.7 Å². The van der Waals surface area contributed by atoms with Gasteiger partial charge >= 0.3 is 0 Å². The Labute approximate surface area is 291 Å². The van der Waals surface area contributed by atoms with Gasteiger partial charge in [-0.25, -0.2) is 0 Å². The molecule has 0 spiro atoms. The SMILES string of the molecule is CCc1ccc(-c2ccc3c(c2)sc2c4ccccc4sc32)s1.CCc1ccc(-c2ccc3c(c2)sc2c4ccccc4sc32)s1. The van der Waals surface area contributed by atoms with Crippen LogP contribution >= 0.6 is 68.0 Å². The quantitative estimate of drug-likeness (QED) is 0.171. The Morgan fingerprint density at radius 2 is 0.761 bits per heavy atom. The lowest BCUT2D eigenvalue weighted by Crippen LogP contribution is -1.70. The molecule has 6 aromatic heterocycles. The lowest BCUT2D eigenvalue weighted by atomic mass is 10.1. The standard InChI is InChI=1S/2C20H14S3/c2*1-2-13-8-10-16(21-13)12-7-9-15-18(11-12)23-19-14-5-3-4-6-17(14)22-20(15)19/h2*3-11H,2H2,1H3. The van der Waals surface area contributed by atoms with Gasteiger partial charge in [-0.05, 0) is 72.5 Å². The Balaban J connectivity index is 0.000000127. The zero-order valence-electron chi connectivity index (χ0n) is 25.3. The minimum Gasteiger partial charge on any atom is -0.140 e. The molecule has 6 heteroatoms. The molecular formula is C40H28S6. The van der Waals surface area contributed by atoms with Crippen LogP contribution in [0.25, 0.3) is 80.0 Å². The molecule has 0 nitrogen and oxygen atoms in total. The van der Waals surface area contributed by atoms with Crippen molar-refractivity contribution in [2.75, 3.05) is 0 Å². The smallest absolute Gasteiger partial charge is 0.0542 e. The summed E-state index contributed by atoms with van der Waals surface area (Å²) in [5.41, 5.74) is 2.70. The number of thiophene rings is 6. The van der Waals surface area contributed by atoms with Crippen molar-refractivity contribution in [3.8, 4) is 20.9 Å². The molecule has 0 fully saturated rings. The average Bonchev–Trinajstić information content (AvgIpc) is 3.94. The van der Waals surface area contributed by atoms with Crippen LogP contribution in [0.3, 0.4) is 0 Å². The van der Waals surface area contributed by atoms with E-state index in [1.54, 1.807) is 0 Å². The fourth-order valence-corrected chi connectivity index (χ4v) is 13.4. The zero-order valence-corrected chi connectivity index (χ0v) is 30.2. The molecule has 10 rings (SSSR count). The molecule has 0 atom stereocenters. The molecule has 0 unspecified atom stereocenters. The van der Waals surface area contributed by atoms with Crippen LogP contribution in [0.4, 0.5) is 0 Å². The number of rotatable bonds is 4. The average molecular weight is 701 g/mol. The molecule has 0 bridgehead atoms. The van der Waals surface area contributed by atoms with Crippen molar-refractivity contribution in [3.05, 3.63) is 119 Å². The van der Waals surface area contributed by atoms with Crippen LogP contribution in [-0.2, 0) is 12.8 Å². The van der Waals surface area contributed by atoms with Crippen LogP contribution in [0.5, 0.6) is 0 Å². The van der Waals surface area contributed by atoms with Gasteiger partial charge < -0.3 is 0 Å². The molecule has 6 heterocycles. The third kappa shape index (κ3) is 4.86. The summed E-state index contributed by atoms with van der Waals surface area (Å²) in [5.74, 6) is 0. The molecule has 0 amide bonds. The van der Waals surface area contributed by atoms with E-state index in [-0.39, 0.29) is 0 Å². The number of fused-ring (bicyclic) bond motifs is 10. The van der Waals surface area contributed by atoms with Gasteiger partial charge in [-0.3, -0.25) is 0 Å². The normalized spacial score (nSPS) is 11.9. The summed E-state index contributed by atoms with van der Waals surface area (Å²) < 4.78 is 11.4. The Kier molecular flexibility index (Phi) is 7.34. The fraction of sp³-hybridized carbons (Fsp3) is 0.100. The highest BCUT2D eigenvalue weighted by atomic mass is 32.1. The van der Waals surface area contributed by atoms with E-state index in [0.29, 0.717) is 0 Å². The third-order valence-electron chi connectivity index (χ3n) is 8.57. The fourth-order valence-electron chi connectivity index (χ4n) is 6.16. The van der Waals surface area contributed by atoms with Gasteiger partial charge in [0.1, 0.15) is 0 Å². The van der Waals surface area contributed by atoms with E-state index < -0.39 is 0 Å². The lowest BCUT2D eigenvalue weighted by Gasteiger charge is -1.98. The highest BCUT2D eigenvalue weighted by Gasteiger charge is 2.14. The maximum atomic E-state index is 2.37. The Hall–Kier alpha value is -3.36. The molecule has 10 aromatic rings. The van der Waals surface area contributed by atoms with Crippen molar-refractivity contribution >= 4 is 127 Å². The van der Waals surface area contributed by atoms with E-state index >= 15 is 0 Å². The Bertz CT molecular complexity index is 2490. The largest absolute Gasteiger partial charge is 0.140 e. The summed E-state index contributed by atoms with van der Waals surface area (Å²) in [7, 11) is 0. The van der Waals surface area contributed by atoms with Gasteiger partial charge in [0.2, 0.25) is 0 Å². The minimum atomic E-state index is 1.12. The van der Waals surface area contributed by atoms with Crippen LogP contribution < -0.4 is 0 Å². The highest BCUT2D eigenvalue weighted by Crippen LogP contribution is 2.46. The molecule has 0 saturated heterocycles. The number of hydrogen-bond acceptors (Lipinski definition) is 6. The van der Waals surface area contributed by atoms with E-state index in [2.05, 4.69) is 123 Å². The van der Waals surface area contributed by atoms with Crippen molar-refractivity contribution in [2.24, 2.45) is 0 Å². The van der Waals surface area contributed by atoms with Crippen LogP contribution in [0.1, 0.15) is 23.6 Å². The van der Waals surface area contributed by atoms with E-state index in [1.807, 2.05) is 68.0 Å². The van der Waals surface area contributed by atoms with E-state index in [1.165, 1.54) is 89.8 Å². The minimum absolute atomic E-state index is 1.12. The summed E-state index contributed by atoms with van der Waals surface area (Å²) in [6, 6.07) is 40.4. The predicted octanol–water partition coefficient (Wildman–Crippen LogP) is 15.1. The summed E-state index contributed by atoms with van der Waals surface area (Å²) in [5, 5.41) is 5.61. The van der Waals surface area contributed by atoms with Crippen molar-refractivity contribution in [1.29, 1.82) is 0 Å². The summed E-state index contributed by atoms with van der Waals surface area (Å²) in [4.78, 5) is 5.67.